The third-order valence-corrected chi connectivity index (χ3v) is 4.42. The zero-order valence-electron chi connectivity index (χ0n) is 9.96. The largest absolute Gasteiger partial charge is 0.396 e. The van der Waals surface area contributed by atoms with Gasteiger partial charge >= 0.3 is 0 Å². The second kappa shape index (κ2) is 3.85. The molecular formula is C14H20O2. The Morgan fingerprint density at radius 2 is 2.31 bits per heavy atom. The van der Waals surface area contributed by atoms with Gasteiger partial charge in [-0.3, -0.25) is 4.79 Å². The first-order chi connectivity index (χ1) is 7.50. The highest BCUT2D eigenvalue weighted by molar-refractivity contribution is 5.86. The van der Waals surface area contributed by atoms with Crippen LogP contribution in [0.5, 0.6) is 0 Å². The molecule has 2 bridgehead atoms. The number of Topliss-reactive ketones (excluding diaryl/α,β-unsaturated/α-hetero) is 1. The molecule has 16 heavy (non-hydrogen) atoms. The summed E-state index contributed by atoms with van der Waals surface area (Å²) in [6.45, 7) is 10.2. The lowest BCUT2D eigenvalue weighted by Gasteiger charge is -2.40. The number of carbonyl (C=O) groups excluding carboxylic acids is 1. The summed E-state index contributed by atoms with van der Waals surface area (Å²) >= 11 is 0. The first kappa shape index (κ1) is 11.6. The summed E-state index contributed by atoms with van der Waals surface area (Å²) in [4.78, 5) is 12.0. The number of hydrogen-bond acceptors (Lipinski definition) is 2. The average molecular weight is 220 g/mol. The molecule has 2 saturated carbocycles. The van der Waals surface area contributed by atoms with Crippen LogP contribution in [0.2, 0.25) is 0 Å². The number of allylic oxidation sites excluding steroid dienone is 2. The Bertz CT molecular complexity index is 356. The van der Waals surface area contributed by atoms with Crippen molar-refractivity contribution in [3.05, 3.63) is 24.3 Å². The first-order valence-corrected chi connectivity index (χ1v) is 5.97. The van der Waals surface area contributed by atoms with E-state index in [0.717, 1.165) is 30.4 Å². The maximum absolute atomic E-state index is 12.0. The van der Waals surface area contributed by atoms with Gasteiger partial charge in [0.1, 0.15) is 5.78 Å². The minimum atomic E-state index is 0.0575. The molecule has 1 N–H and O–H groups in total. The van der Waals surface area contributed by atoms with Crippen molar-refractivity contribution < 1.29 is 9.90 Å². The van der Waals surface area contributed by atoms with Crippen molar-refractivity contribution in [1.29, 1.82) is 0 Å². The van der Waals surface area contributed by atoms with E-state index in [-0.39, 0.29) is 23.9 Å². The fourth-order valence-corrected chi connectivity index (χ4v) is 3.65. The molecule has 0 heterocycles. The van der Waals surface area contributed by atoms with Gasteiger partial charge in [-0.15, -0.1) is 0 Å². The molecule has 0 spiro atoms. The number of carbonyl (C=O) groups is 1. The maximum Gasteiger partial charge on any atom is 0.140 e. The molecule has 0 amide bonds. The van der Waals surface area contributed by atoms with Crippen LogP contribution in [-0.2, 0) is 4.79 Å². The molecule has 0 unspecified atom stereocenters. The van der Waals surface area contributed by atoms with Crippen molar-refractivity contribution in [3.8, 4) is 0 Å². The Kier molecular flexibility index (Phi) is 2.79. The van der Waals surface area contributed by atoms with Gasteiger partial charge < -0.3 is 5.11 Å². The predicted molar refractivity (Wildman–Crippen MR) is 63.9 cm³/mol. The lowest BCUT2D eigenvalue weighted by molar-refractivity contribution is -0.126. The molecule has 0 aromatic heterocycles. The Hall–Kier alpha value is -0.890. The molecule has 2 heteroatoms. The molecule has 0 radical (unpaired) electrons. The lowest BCUT2D eigenvalue weighted by atomic mass is 9.63. The third-order valence-electron chi connectivity index (χ3n) is 4.42. The van der Waals surface area contributed by atoms with Crippen LogP contribution in [0.1, 0.15) is 32.6 Å². The van der Waals surface area contributed by atoms with Gasteiger partial charge in [0, 0.05) is 18.9 Å². The highest BCUT2D eigenvalue weighted by Gasteiger charge is 2.53. The topological polar surface area (TPSA) is 37.3 Å². The van der Waals surface area contributed by atoms with Crippen LogP contribution >= 0.6 is 0 Å². The molecule has 2 aliphatic rings. The summed E-state index contributed by atoms with van der Waals surface area (Å²) in [7, 11) is 0. The summed E-state index contributed by atoms with van der Waals surface area (Å²) in [5.41, 5.74) is 2.22. The summed E-state index contributed by atoms with van der Waals surface area (Å²) in [6, 6.07) is 0. The lowest BCUT2D eigenvalue weighted by Crippen LogP contribution is -2.36. The normalized spacial score (nSPS) is 37.9. The van der Waals surface area contributed by atoms with Crippen LogP contribution in [-0.4, -0.2) is 17.5 Å². The van der Waals surface area contributed by atoms with Gasteiger partial charge in [0.15, 0.2) is 0 Å². The zero-order valence-corrected chi connectivity index (χ0v) is 9.96. The fourth-order valence-electron chi connectivity index (χ4n) is 3.65. The van der Waals surface area contributed by atoms with Gasteiger partial charge in [-0.05, 0) is 37.5 Å². The molecule has 0 aromatic carbocycles. The van der Waals surface area contributed by atoms with Gasteiger partial charge in [-0.2, -0.15) is 0 Å². The van der Waals surface area contributed by atoms with Crippen LogP contribution in [0, 0.1) is 17.3 Å². The standard InChI is InChI=1S/C14H20O2/c1-9(2)12-6-13(16)11-8-14(12,4-5-15)7-10(11)3/h11-12,15H,1,3-8H2,2H3/t11-,12+,14-/m1/s1. The van der Waals surface area contributed by atoms with Gasteiger partial charge in [0.2, 0.25) is 0 Å². The first-order valence-electron chi connectivity index (χ1n) is 5.97. The van der Waals surface area contributed by atoms with Crippen LogP contribution in [0.4, 0.5) is 0 Å². The summed E-state index contributed by atoms with van der Waals surface area (Å²) in [5.74, 6) is 0.619. The Morgan fingerprint density at radius 1 is 1.62 bits per heavy atom. The Labute approximate surface area is 97.0 Å². The Balaban J connectivity index is 2.36. The van der Waals surface area contributed by atoms with E-state index in [1.165, 1.54) is 0 Å². The predicted octanol–water partition coefficient (Wildman–Crippen LogP) is 2.49. The minimum absolute atomic E-state index is 0.0575. The zero-order chi connectivity index (χ0) is 11.9. The van der Waals surface area contributed by atoms with Gasteiger partial charge in [0.05, 0.1) is 0 Å². The molecule has 3 atom stereocenters. The number of aliphatic hydroxyl groups is 1. The van der Waals surface area contributed by atoms with Crippen LogP contribution in [0.15, 0.2) is 24.3 Å². The highest BCUT2D eigenvalue weighted by atomic mass is 16.3. The molecule has 2 fully saturated rings. The molecule has 88 valence electrons. The molecule has 0 saturated heterocycles. The number of rotatable bonds is 3. The van der Waals surface area contributed by atoms with Gasteiger partial charge in [-0.25, -0.2) is 0 Å². The van der Waals surface area contributed by atoms with E-state index in [4.69, 9.17) is 0 Å². The van der Waals surface area contributed by atoms with E-state index >= 15 is 0 Å². The quantitative estimate of drug-likeness (QED) is 0.742. The number of hydrogen-bond donors (Lipinski definition) is 1. The fraction of sp³-hybridized carbons (Fsp3) is 0.643. The van der Waals surface area contributed by atoms with E-state index in [2.05, 4.69) is 13.2 Å². The second-order valence-electron chi connectivity index (χ2n) is 5.50. The van der Waals surface area contributed by atoms with E-state index in [1.54, 1.807) is 0 Å². The number of fused-ring (bicyclic) bond motifs is 2. The maximum atomic E-state index is 12.0. The van der Waals surface area contributed by atoms with Crippen LogP contribution < -0.4 is 0 Å². The molecular weight excluding hydrogens is 200 g/mol. The van der Waals surface area contributed by atoms with Crippen molar-refractivity contribution in [2.75, 3.05) is 6.61 Å². The summed E-state index contributed by atoms with van der Waals surface area (Å²) in [5, 5.41) is 9.24. The van der Waals surface area contributed by atoms with E-state index < -0.39 is 0 Å². The van der Waals surface area contributed by atoms with E-state index in [1.807, 2.05) is 6.92 Å². The number of ketones is 1. The van der Waals surface area contributed by atoms with Crippen molar-refractivity contribution in [1.82, 2.24) is 0 Å². The minimum Gasteiger partial charge on any atom is -0.396 e. The van der Waals surface area contributed by atoms with Crippen LogP contribution in [0.3, 0.4) is 0 Å². The second-order valence-corrected chi connectivity index (χ2v) is 5.50. The Morgan fingerprint density at radius 3 is 2.88 bits per heavy atom. The van der Waals surface area contributed by atoms with Gasteiger partial charge in [-0.1, -0.05) is 24.3 Å². The van der Waals surface area contributed by atoms with Crippen molar-refractivity contribution >= 4 is 5.78 Å². The molecule has 2 aliphatic carbocycles. The van der Waals surface area contributed by atoms with Gasteiger partial charge in [0.25, 0.3) is 0 Å². The number of aliphatic hydroxyl groups excluding tert-OH is 1. The third kappa shape index (κ3) is 1.56. The molecule has 2 nitrogen and oxygen atoms in total. The average Bonchev–Trinajstić information content (AvgIpc) is 2.48. The highest BCUT2D eigenvalue weighted by Crippen LogP contribution is 2.58. The molecule has 0 aliphatic heterocycles. The van der Waals surface area contributed by atoms with Crippen molar-refractivity contribution in [2.45, 2.75) is 32.6 Å². The molecule has 0 aromatic rings. The monoisotopic (exact) mass is 220 g/mol. The van der Waals surface area contributed by atoms with E-state index in [0.29, 0.717) is 12.2 Å². The SMILES string of the molecule is C=C1C[C@]2(CCO)C[C@H]1C(=O)C[C@H]2C(=C)C. The van der Waals surface area contributed by atoms with Crippen molar-refractivity contribution in [3.63, 3.8) is 0 Å². The molecule has 2 rings (SSSR count). The van der Waals surface area contributed by atoms with E-state index in [9.17, 15) is 9.90 Å². The summed E-state index contributed by atoms with van der Waals surface area (Å²) in [6.07, 6.45) is 3.14. The smallest absolute Gasteiger partial charge is 0.140 e. The summed E-state index contributed by atoms with van der Waals surface area (Å²) < 4.78 is 0. The van der Waals surface area contributed by atoms with Crippen LogP contribution in [0.25, 0.3) is 0 Å². The van der Waals surface area contributed by atoms with Crippen molar-refractivity contribution in [2.24, 2.45) is 17.3 Å².